The van der Waals surface area contributed by atoms with Crippen molar-refractivity contribution in [3.8, 4) is 0 Å². The molecule has 0 saturated carbocycles. The number of hydrogen-bond acceptors (Lipinski definition) is 3. The van der Waals surface area contributed by atoms with Gasteiger partial charge in [0.15, 0.2) is 5.78 Å². The number of allylic oxidation sites excluding steroid dienone is 1. The summed E-state index contributed by atoms with van der Waals surface area (Å²) in [5.41, 5.74) is 4.68. The number of para-hydroxylation sites is 1. The molecule has 0 aliphatic rings. The summed E-state index contributed by atoms with van der Waals surface area (Å²) in [6.07, 6.45) is 6.42. The molecule has 27 heavy (non-hydrogen) atoms. The van der Waals surface area contributed by atoms with Crippen LogP contribution in [-0.2, 0) is 17.8 Å². The van der Waals surface area contributed by atoms with Crippen LogP contribution in [0.15, 0.2) is 60.8 Å². The van der Waals surface area contributed by atoms with Crippen molar-refractivity contribution in [2.45, 2.75) is 19.9 Å². The summed E-state index contributed by atoms with van der Waals surface area (Å²) in [5.74, 6) is 0.0467. The molecule has 2 N–H and O–H groups in total. The van der Waals surface area contributed by atoms with Crippen molar-refractivity contribution in [3.05, 3.63) is 77.5 Å². The third-order valence-electron chi connectivity index (χ3n) is 4.68. The van der Waals surface area contributed by atoms with Crippen LogP contribution in [0.3, 0.4) is 0 Å². The van der Waals surface area contributed by atoms with Crippen LogP contribution < -0.4 is 0 Å². The number of carbonyl (C=O) groups is 1. The Kier molecular flexibility index (Phi) is 6.58. The number of carbonyl (C=O) groups excluding carboxylic acids is 1. The van der Waals surface area contributed by atoms with Crippen molar-refractivity contribution >= 4 is 22.8 Å². The van der Waals surface area contributed by atoms with Crippen LogP contribution in [0.5, 0.6) is 0 Å². The average Bonchev–Trinajstić information content (AvgIpc) is 3.09. The van der Waals surface area contributed by atoms with Gasteiger partial charge in [0.05, 0.1) is 6.61 Å². The van der Waals surface area contributed by atoms with E-state index < -0.39 is 0 Å². The number of aromatic nitrogens is 1. The highest BCUT2D eigenvalue weighted by Crippen LogP contribution is 2.18. The number of aliphatic hydroxyl groups excluding tert-OH is 1. The highest BCUT2D eigenvalue weighted by atomic mass is 16.3. The zero-order chi connectivity index (χ0) is 19.1. The van der Waals surface area contributed by atoms with Crippen molar-refractivity contribution in [2.75, 3.05) is 19.7 Å². The molecule has 0 aliphatic carbocycles. The maximum atomic E-state index is 11.0. The van der Waals surface area contributed by atoms with E-state index in [1.54, 1.807) is 13.0 Å². The first kappa shape index (κ1) is 19.1. The summed E-state index contributed by atoms with van der Waals surface area (Å²) in [7, 11) is 0. The second-order valence-electron chi connectivity index (χ2n) is 6.79. The number of nitrogens with zero attached hydrogens (tertiary/aromatic N) is 1. The van der Waals surface area contributed by atoms with Crippen molar-refractivity contribution in [1.82, 2.24) is 9.88 Å². The molecular formula is C23H26N2O2. The van der Waals surface area contributed by atoms with E-state index in [1.807, 2.05) is 24.3 Å². The van der Waals surface area contributed by atoms with E-state index in [0.29, 0.717) is 6.54 Å². The summed E-state index contributed by atoms with van der Waals surface area (Å²) in [6.45, 7) is 4.01. The van der Waals surface area contributed by atoms with Gasteiger partial charge in [-0.05, 0) is 42.2 Å². The van der Waals surface area contributed by atoms with Gasteiger partial charge >= 0.3 is 0 Å². The summed E-state index contributed by atoms with van der Waals surface area (Å²) in [6, 6.07) is 16.5. The van der Waals surface area contributed by atoms with Gasteiger partial charge in [-0.3, -0.25) is 9.69 Å². The lowest BCUT2D eigenvalue weighted by atomic mass is 10.1. The van der Waals surface area contributed by atoms with Crippen LogP contribution in [0.4, 0.5) is 0 Å². The monoisotopic (exact) mass is 362 g/mol. The van der Waals surface area contributed by atoms with E-state index in [-0.39, 0.29) is 12.4 Å². The molecule has 3 rings (SSSR count). The molecule has 2 aromatic carbocycles. The van der Waals surface area contributed by atoms with Gasteiger partial charge in [0.2, 0.25) is 0 Å². The van der Waals surface area contributed by atoms with Gasteiger partial charge in [-0.2, -0.15) is 0 Å². The van der Waals surface area contributed by atoms with Gasteiger partial charge in [0.25, 0.3) is 0 Å². The Morgan fingerprint density at radius 1 is 1.11 bits per heavy atom. The molecular weight excluding hydrogens is 336 g/mol. The molecule has 3 aromatic rings. The molecule has 140 valence electrons. The fraction of sp³-hybridized carbons (Fsp3) is 0.261. The Morgan fingerprint density at radius 3 is 2.63 bits per heavy atom. The molecule has 1 heterocycles. The van der Waals surface area contributed by atoms with E-state index >= 15 is 0 Å². The van der Waals surface area contributed by atoms with E-state index in [0.717, 1.165) is 30.6 Å². The molecule has 0 fully saturated rings. The smallest absolute Gasteiger partial charge is 0.152 e. The largest absolute Gasteiger partial charge is 0.395 e. The zero-order valence-corrected chi connectivity index (χ0v) is 15.7. The standard InChI is InChI=1S/C23H26N2O2/c1-18(27)6-7-19-8-10-20(11-9-19)17-25(14-15-26)13-12-21-16-24-23-5-3-2-4-22(21)23/h2-11,16,24,26H,12-15,17H2,1H3/b7-6+. The molecule has 4 nitrogen and oxygen atoms in total. The van der Waals surface area contributed by atoms with E-state index in [9.17, 15) is 9.90 Å². The molecule has 4 heteroatoms. The number of hydrogen-bond donors (Lipinski definition) is 2. The SMILES string of the molecule is CC(=O)/C=C/c1ccc(CN(CCO)CCc2c[nH]c3ccccc23)cc1. The second kappa shape index (κ2) is 9.31. The lowest BCUT2D eigenvalue weighted by Gasteiger charge is -2.21. The van der Waals surface area contributed by atoms with Crippen LogP contribution in [0.2, 0.25) is 0 Å². The predicted molar refractivity (Wildman–Crippen MR) is 111 cm³/mol. The predicted octanol–water partition coefficient (Wildman–Crippen LogP) is 3.81. The average molecular weight is 362 g/mol. The summed E-state index contributed by atoms with van der Waals surface area (Å²) in [5, 5.41) is 10.7. The van der Waals surface area contributed by atoms with Crippen LogP contribution >= 0.6 is 0 Å². The minimum atomic E-state index is 0.0467. The van der Waals surface area contributed by atoms with E-state index in [4.69, 9.17) is 0 Å². The minimum Gasteiger partial charge on any atom is -0.395 e. The first-order valence-electron chi connectivity index (χ1n) is 9.31. The fourth-order valence-corrected chi connectivity index (χ4v) is 3.23. The molecule has 0 spiro atoms. The lowest BCUT2D eigenvalue weighted by molar-refractivity contribution is -0.112. The van der Waals surface area contributed by atoms with Crippen LogP contribution in [0, 0.1) is 0 Å². The molecule has 0 radical (unpaired) electrons. The number of fused-ring (bicyclic) bond motifs is 1. The minimum absolute atomic E-state index is 0.0467. The number of nitrogens with one attached hydrogen (secondary N) is 1. The van der Waals surface area contributed by atoms with Crippen molar-refractivity contribution in [2.24, 2.45) is 0 Å². The van der Waals surface area contributed by atoms with Crippen molar-refractivity contribution < 1.29 is 9.90 Å². The maximum absolute atomic E-state index is 11.0. The molecule has 1 aromatic heterocycles. The fourth-order valence-electron chi connectivity index (χ4n) is 3.23. The van der Waals surface area contributed by atoms with Gasteiger partial charge in [-0.1, -0.05) is 48.5 Å². The maximum Gasteiger partial charge on any atom is 0.152 e. The van der Waals surface area contributed by atoms with Crippen LogP contribution in [-0.4, -0.2) is 40.5 Å². The third kappa shape index (κ3) is 5.39. The quantitative estimate of drug-likeness (QED) is 0.569. The van der Waals surface area contributed by atoms with E-state index in [1.165, 1.54) is 16.5 Å². The lowest BCUT2D eigenvalue weighted by Crippen LogP contribution is -2.28. The Morgan fingerprint density at radius 2 is 1.89 bits per heavy atom. The molecule has 0 saturated heterocycles. The first-order chi connectivity index (χ1) is 13.2. The Balaban J connectivity index is 1.62. The van der Waals surface area contributed by atoms with E-state index in [2.05, 4.69) is 46.4 Å². The Labute approximate surface area is 160 Å². The summed E-state index contributed by atoms with van der Waals surface area (Å²) < 4.78 is 0. The topological polar surface area (TPSA) is 56.3 Å². The van der Waals surface area contributed by atoms with Crippen LogP contribution in [0.25, 0.3) is 17.0 Å². The normalized spacial score (nSPS) is 11.7. The number of aliphatic hydroxyl groups is 1. The Bertz CT molecular complexity index is 910. The van der Waals surface area contributed by atoms with Gasteiger partial charge < -0.3 is 10.1 Å². The summed E-state index contributed by atoms with van der Waals surface area (Å²) in [4.78, 5) is 16.6. The third-order valence-corrected chi connectivity index (χ3v) is 4.68. The molecule has 0 bridgehead atoms. The molecule has 0 atom stereocenters. The number of benzene rings is 2. The first-order valence-corrected chi connectivity index (χ1v) is 9.31. The number of aromatic amines is 1. The second-order valence-corrected chi connectivity index (χ2v) is 6.79. The molecule has 0 unspecified atom stereocenters. The van der Waals surface area contributed by atoms with Crippen molar-refractivity contribution in [1.29, 1.82) is 0 Å². The molecule has 0 amide bonds. The highest BCUT2D eigenvalue weighted by Gasteiger charge is 2.09. The van der Waals surface area contributed by atoms with Gasteiger partial charge in [-0.15, -0.1) is 0 Å². The van der Waals surface area contributed by atoms with Gasteiger partial charge in [0, 0.05) is 36.7 Å². The zero-order valence-electron chi connectivity index (χ0n) is 15.7. The number of ketones is 1. The van der Waals surface area contributed by atoms with Crippen molar-refractivity contribution in [3.63, 3.8) is 0 Å². The van der Waals surface area contributed by atoms with Gasteiger partial charge in [-0.25, -0.2) is 0 Å². The Hall–Kier alpha value is -2.69. The van der Waals surface area contributed by atoms with Crippen LogP contribution in [0.1, 0.15) is 23.6 Å². The summed E-state index contributed by atoms with van der Waals surface area (Å²) >= 11 is 0. The number of rotatable bonds is 9. The molecule has 0 aliphatic heterocycles. The highest BCUT2D eigenvalue weighted by molar-refractivity contribution is 5.91. The van der Waals surface area contributed by atoms with Gasteiger partial charge in [0.1, 0.15) is 0 Å². The number of H-pyrrole nitrogens is 1.